The molecule has 0 radical (unpaired) electrons. The topological polar surface area (TPSA) is 96.5 Å². The maximum absolute atomic E-state index is 14.0. The number of hydrogen-bond acceptors (Lipinski definition) is 7. The average molecular weight is 569 g/mol. The van der Waals surface area contributed by atoms with E-state index < -0.39 is 5.82 Å². The number of carbonyl (C=O) groups is 2. The highest BCUT2D eigenvalue weighted by atomic mass is 32.2. The van der Waals surface area contributed by atoms with Crippen molar-refractivity contribution < 1.29 is 23.1 Å². The lowest BCUT2D eigenvalue weighted by Crippen LogP contribution is -2.28. The van der Waals surface area contributed by atoms with E-state index in [4.69, 9.17) is 9.15 Å². The summed E-state index contributed by atoms with van der Waals surface area (Å²) >= 11 is 1.12. The number of hydrogen-bond donors (Lipinski definition) is 1. The van der Waals surface area contributed by atoms with Crippen molar-refractivity contribution in [2.24, 2.45) is 10.2 Å². The summed E-state index contributed by atoms with van der Waals surface area (Å²) in [5, 5.41) is 11.3. The van der Waals surface area contributed by atoms with Crippen LogP contribution in [0, 0.1) is 12.7 Å². The molecule has 1 aliphatic heterocycles. The van der Waals surface area contributed by atoms with Gasteiger partial charge in [-0.3, -0.25) is 14.5 Å². The Labute approximate surface area is 240 Å². The molecule has 2 amide bonds. The minimum absolute atomic E-state index is 0.140. The summed E-state index contributed by atoms with van der Waals surface area (Å²) in [5.41, 5.74) is 2.65. The smallest absolute Gasteiger partial charge is 0.267 e. The van der Waals surface area contributed by atoms with Crippen molar-refractivity contribution in [3.63, 3.8) is 0 Å². The van der Waals surface area contributed by atoms with E-state index in [1.807, 2.05) is 37.3 Å². The van der Waals surface area contributed by atoms with E-state index in [1.165, 1.54) is 23.4 Å². The average Bonchev–Trinajstić information content (AvgIpc) is 3.59. The Hall–Kier alpha value is -4.96. The number of aryl methyl sites for hydroxylation is 1. The number of benzene rings is 3. The molecule has 0 bridgehead atoms. The molecule has 1 aliphatic rings. The second-order valence-electron chi connectivity index (χ2n) is 8.97. The second-order valence-corrected chi connectivity index (χ2v) is 9.98. The monoisotopic (exact) mass is 568 g/mol. The van der Waals surface area contributed by atoms with Gasteiger partial charge in [0.05, 0.1) is 23.9 Å². The normalized spacial score (nSPS) is 15.3. The lowest BCUT2D eigenvalue weighted by Gasteiger charge is -2.12. The number of halogens is 1. The van der Waals surface area contributed by atoms with E-state index in [0.717, 1.165) is 17.3 Å². The van der Waals surface area contributed by atoms with E-state index in [0.29, 0.717) is 32.8 Å². The number of para-hydroxylation sites is 1. The molecule has 4 aromatic rings. The molecule has 2 heterocycles. The third kappa shape index (κ3) is 7.17. The number of anilines is 1. The number of nitrogens with zero attached hydrogens (tertiary/aromatic N) is 3. The van der Waals surface area contributed by atoms with Crippen molar-refractivity contribution >= 4 is 46.7 Å². The van der Waals surface area contributed by atoms with E-state index >= 15 is 0 Å². The molecule has 0 aliphatic carbocycles. The Balaban J connectivity index is 1.34. The minimum Gasteiger partial charge on any atom is -0.483 e. The van der Waals surface area contributed by atoms with Crippen LogP contribution in [0.2, 0.25) is 0 Å². The van der Waals surface area contributed by atoms with Gasteiger partial charge in [-0.05, 0) is 61.2 Å². The van der Waals surface area contributed by atoms with E-state index in [-0.39, 0.29) is 30.5 Å². The third-order valence-corrected chi connectivity index (χ3v) is 6.92. The Morgan fingerprint density at radius 1 is 1.02 bits per heavy atom. The van der Waals surface area contributed by atoms with Crippen molar-refractivity contribution in [3.05, 3.63) is 124 Å². The van der Waals surface area contributed by atoms with Gasteiger partial charge in [-0.15, -0.1) is 5.10 Å². The Morgan fingerprint density at radius 2 is 1.78 bits per heavy atom. The van der Waals surface area contributed by atoms with Gasteiger partial charge in [0.1, 0.15) is 17.3 Å². The SMILES string of the molecule is Cc1ccc(NC(=O)COc2ccccc2/C=C2\S/C(=N/N=C\c3ccccc3F)N(Cc3ccco3)C2=O)cc1. The van der Waals surface area contributed by atoms with Crippen molar-refractivity contribution in [2.45, 2.75) is 13.5 Å². The predicted molar refractivity (Wildman–Crippen MR) is 158 cm³/mol. The summed E-state index contributed by atoms with van der Waals surface area (Å²) in [6.07, 6.45) is 4.50. The Kier molecular flexibility index (Phi) is 8.70. The zero-order valence-electron chi connectivity index (χ0n) is 22.0. The first-order chi connectivity index (χ1) is 20.0. The largest absolute Gasteiger partial charge is 0.483 e. The summed E-state index contributed by atoms with van der Waals surface area (Å²) in [4.78, 5) is 27.7. The summed E-state index contributed by atoms with van der Waals surface area (Å²) < 4.78 is 25.2. The number of nitrogens with one attached hydrogen (secondary N) is 1. The van der Waals surface area contributed by atoms with Crippen LogP contribution in [-0.4, -0.2) is 34.7 Å². The fraction of sp³-hybridized carbons (Fsp3) is 0.0968. The van der Waals surface area contributed by atoms with Crippen LogP contribution in [0.4, 0.5) is 10.1 Å². The van der Waals surface area contributed by atoms with Gasteiger partial charge in [0.25, 0.3) is 11.8 Å². The van der Waals surface area contributed by atoms with E-state index in [9.17, 15) is 14.0 Å². The van der Waals surface area contributed by atoms with E-state index in [1.54, 1.807) is 54.6 Å². The quantitative estimate of drug-likeness (QED) is 0.146. The maximum atomic E-state index is 14.0. The van der Waals surface area contributed by atoms with Gasteiger partial charge in [-0.1, -0.05) is 54.1 Å². The summed E-state index contributed by atoms with van der Waals surface area (Å²) in [6, 6.07) is 24.2. The van der Waals surface area contributed by atoms with Gasteiger partial charge >= 0.3 is 0 Å². The predicted octanol–water partition coefficient (Wildman–Crippen LogP) is 6.25. The first-order valence-electron chi connectivity index (χ1n) is 12.6. The lowest BCUT2D eigenvalue weighted by molar-refractivity contribution is -0.122. The summed E-state index contributed by atoms with van der Waals surface area (Å²) in [7, 11) is 0. The molecule has 1 saturated heterocycles. The molecular formula is C31H25FN4O4S. The van der Waals surface area contributed by atoms with Crippen LogP contribution in [0.3, 0.4) is 0 Å². The van der Waals surface area contributed by atoms with Gasteiger partial charge in [0, 0.05) is 16.8 Å². The number of rotatable bonds is 9. The molecule has 0 atom stereocenters. The second kappa shape index (κ2) is 12.9. The van der Waals surface area contributed by atoms with Crippen LogP contribution in [-0.2, 0) is 16.1 Å². The molecule has 5 rings (SSSR count). The molecule has 1 aromatic heterocycles. The fourth-order valence-corrected chi connectivity index (χ4v) is 4.78. The minimum atomic E-state index is -0.427. The van der Waals surface area contributed by atoms with Crippen LogP contribution in [0.15, 0.2) is 111 Å². The van der Waals surface area contributed by atoms with Gasteiger partial charge in [-0.25, -0.2) is 4.39 Å². The number of ether oxygens (including phenoxy) is 1. The highest BCUT2D eigenvalue weighted by Crippen LogP contribution is 2.35. The number of furan rings is 1. The molecule has 1 N–H and O–H groups in total. The fourth-order valence-electron chi connectivity index (χ4n) is 3.85. The van der Waals surface area contributed by atoms with Crippen LogP contribution in [0.5, 0.6) is 5.75 Å². The lowest BCUT2D eigenvalue weighted by atomic mass is 10.2. The first kappa shape index (κ1) is 27.6. The summed E-state index contributed by atoms with van der Waals surface area (Å²) in [5.74, 6) is -0.0429. The molecule has 0 spiro atoms. The molecule has 3 aromatic carbocycles. The Bertz CT molecular complexity index is 1630. The summed E-state index contributed by atoms with van der Waals surface area (Å²) in [6.45, 7) is 1.90. The number of amidine groups is 1. The third-order valence-electron chi connectivity index (χ3n) is 5.93. The highest BCUT2D eigenvalue weighted by molar-refractivity contribution is 8.18. The van der Waals surface area contributed by atoms with Crippen molar-refractivity contribution in [1.29, 1.82) is 0 Å². The molecule has 10 heteroatoms. The number of thioether (sulfide) groups is 1. The molecule has 41 heavy (non-hydrogen) atoms. The van der Waals surface area contributed by atoms with Gasteiger partial charge in [0.15, 0.2) is 11.8 Å². The van der Waals surface area contributed by atoms with Crippen LogP contribution in [0.25, 0.3) is 6.08 Å². The van der Waals surface area contributed by atoms with Crippen LogP contribution < -0.4 is 10.1 Å². The maximum Gasteiger partial charge on any atom is 0.267 e. The van der Waals surface area contributed by atoms with Gasteiger partial charge < -0.3 is 14.5 Å². The van der Waals surface area contributed by atoms with Gasteiger partial charge in [0.2, 0.25) is 0 Å². The molecule has 206 valence electrons. The molecule has 8 nitrogen and oxygen atoms in total. The first-order valence-corrected chi connectivity index (χ1v) is 13.5. The zero-order chi connectivity index (χ0) is 28.6. The van der Waals surface area contributed by atoms with E-state index in [2.05, 4.69) is 15.5 Å². The highest BCUT2D eigenvalue weighted by Gasteiger charge is 2.34. The standard InChI is InChI=1S/C31H25FN4O4S/c1-21-12-14-24(15-13-21)34-29(37)20-40-27-11-5-3-7-22(27)17-28-30(38)36(19-25-9-6-16-39-25)31(41-28)35-33-18-23-8-2-4-10-26(23)32/h2-18H,19-20H2,1H3,(H,34,37)/b28-17-,33-18-,35-31+. The van der Waals surface area contributed by atoms with Crippen molar-refractivity contribution in [2.75, 3.05) is 11.9 Å². The van der Waals surface area contributed by atoms with Crippen LogP contribution >= 0.6 is 11.8 Å². The molecule has 0 saturated carbocycles. The number of amides is 2. The Morgan fingerprint density at radius 3 is 2.54 bits per heavy atom. The van der Waals surface area contributed by atoms with Gasteiger partial charge in [-0.2, -0.15) is 5.10 Å². The van der Waals surface area contributed by atoms with Crippen molar-refractivity contribution in [3.8, 4) is 5.75 Å². The molecule has 0 unspecified atom stereocenters. The number of carbonyl (C=O) groups excluding carboxylic acids is 2. The molecular weight excluding hydrogens is 543 g/mol. The van der Waals surface area contributed by atoms with Crippen LogP contribution in [0.1, 0.15) is 22.5 Å². The zero-order valence-corrected chi connectivity index (χ0v) is 22.8. The molecule has 1 fully saturated rings. The van der Waals surface area contributed by atoms with Crippen molar-refractivity contribution in [1.82, 2.24) is 4.90 Å².